The van der Waals surface area contributed by atoms with Gasteiger partial charge in [-0.05, 0) is 130 Å². The third-order valence-corrected chi connectivity index (χ3v) is 25.8. The van der Waals surface area contributed by atoms with Crippen molar-refractivity contribution in [2.75, 3.05) is 0 Å². The van der Waals surface area contributed by atoms with Crippen molar-refractivity contribution < 1.29 is 19.1 Å². The van der Waals surface area contributed by atoms with Gasteiger partial charge >= 0.3 is 166 Å². The second kappa shape index (κ2) is 82.6. The van der Waals surface area contributed by atoms with Crippen molar-refractivity contribution in [3.63, 3.8) is 0 Å². The van der Waals surface area contributed by atoms with Crippen molar-refractivity contribution in [2.24, 2.45) is 0 Å². The molecule has 2 nitrogen and oxygen atoms in total. The maximum absolute atomic E-state index is 12.9. The first-order valence-corrected chi connectivity index (χ1v) is 52.3. The van der Waals surface area contributed by atoms with E-state index >= 15 is 0 Å². The average molecular weight is 1580 g/mol. The number of allylic oxidation sites excluding steroid dienone is 4. The van der Waals surface area contributed by atoms with Crippen LogP contribution in [0.5, 0.6) is 0 Å². The maximum atomic E-state index is 12.9. The fourth-order valence-corrected chi connectivity index (χ4v) is 18.3. The third kappa shape index (κ3) is 61.5. The Morgan fingerprint density at radius 3 is 0.712 bits per heavy atom. The number of hydrogen-bond acceptors (Lipinski definition) is 0. The Bertz CT molecular complexity index is 2330. The molecule has 0 bridgehead atoms. The Labute approximate surface area is 703 Å². The monoisotopic (exact) mass is 1580 g/mol. The molecule has 0 radical (unpaired) electrons. The van der Waals surface area contributed by atoms with Gasteiger partial charge in [0.25, 0.3) is 0 Å². The summed E-state index contributed by atoms with van der Waals surface area (Å²) >= 11 is 2.05. The summed E-state index contributed by atoms with van der Waals surface area (Å²) in [4.78, 5) is 0. The van der Waals surface area contributed by atoms with Crippen LogP contribution in [0.2, 0.25) is 10.8 Å². The summed E-state index contributed by atoms with van der Waals surface area (Å²) in [5.74, 6) is 0. The summed E-state index contributed by atoms with van der Waals surface area (Å²) in [6.07, 6.45) is 117. The Hall–Kier alpha value is -2.51. The third-order valence-electron chi connectivity index (χ3n) is 24.4. The van der Waals surface area contributed by atoms with Crippen LogP contribution in [-0.2, 0) is 27.3 Å². The van der Waals surface area contributed by atoms with Gasteiger partial charge in [-0.2, -0.15) is 0 Å². The smallest absolute Gasteiger partial charge is 0.0654 e. The molecule has 0 aliphatic carbocycles. The molecule has 0 saturated heterocycles. The molecule has 0 saturated carbocycles. The molecule has 646 valence electrons. The predicted octanol–water partition coefficient (Wildman–Crippen LogP) is 39.7. The minimum Gasteiger partial charge on any atom is -0.0654 e. The molecule has 1 heterocycles. The topological polar surface area (TPSA) is 25.3 Å². The summed E-state index contributed by atoms with van der Waals surface area (Å²) in [5.41, 5.74) is 25.5. The summed E-state index contributed by atoms with van der Waals surface area (Å²) in [5, 5.41) is 2.87. The molecule has 0 atom stereocenters. The molecule has 111 heavy (non-hydrogen) atoms. The van der Waals surface area contributed by atoms with E-state index in [0.717, 1.165) is 62.8 Å². The van der Waals surface area contributed by atoms with Crippen LogP contribution in [-0.4, -0.2) is 4.70 Å². The molecule has 3 heteroatoms. The SMILES string of the molecule is CCCCCCCCCCCCCCCC=Cc1cc(C=CCCCCCCCCCCCCCCC)cc(C2=C(CCCCCCCC)C(CCCC)=C(c3cc(CCCC)cc(CCCC)c3)[N+]2=[N-])c1.CCCCCCCCCCCCCCCCCC[CH2][Ni][CH2]CCCCCCCCCCCCCCCCCC. The molecular weight excluding hydrogens is 1380 g/mol. The van der Waals surface area contributed by atoms with Gasteiger partial charge in [-0.1, -0.05) is 368 Å². The van der Waals surface area contributed by atoms with Crippen molar-refractivity contribution >= 4 is 23.5 Å². The molecule has 0 amide bonds. The van der Waals surface area contributed by atoms with Crippen LogP contribution >= 0.6 is 0 Å². The average Bonchev–Trinajstić information content (AvgIpc) is 1.60. The van der Waals surface area contributed by atoms with Crippen LogP contribution in [0.3, 0.4) is 0 Å². The minimum absolute atomic E-state index is 1.01. The molecule has 3 rings (SSSR count). The molecule has 0 N–H and O–H groups in total. The molecule has 0 unspecified atom stereocenters. The second-order valence-corrected chi connectivity index (χ2v) is 36.9. The van der Waals surface area contributed by atoms with E-state index in [1.807, 2.05) is 14.4 Å². The zero-order chi connectivity index (χ0) is 79.7. The molecule has 2 aromatic rings. The Morgan fingerprint density at radius 1 is 0.225 bits per heavy atom. The molecule has 0 fully saturated rings. The van der Waals surface area contributed by atoms with E-state index in [1.165, 1.54) is 505 Å². The molecule has 0 spiro atoms. The molecule has 1 aliphatic rings. The van der Waals surface area contributed by atoms with E-state index in [-0.39, 0.29) is 0 Å². The normalized spacial score (nSPS) is 12.6. The summed E-state index contributed by atoms with van der Waals surface area (Å²) in [7, 11) is 0. The van der Waals surface area contributed by atoms with E-state index in [9.17, 15) is 5.53 Å². The van der Waals surface area contributed by atoms with Crippen LogP contribution in [0.15, 0.2) is 59.7 Å². The first-order valence-electron chi connectivity index (χ1n) is 50.9. The molecule has 0 aromatic heterocycles. The Balaban J connectivity index is 0.000000905. The first kappa shape index (κ1) is 105. The number of benzene rings is 2. The van der Waals surface area contributed by atoms with Crippen LogP contribution < -0.4 is 0 Å². The number of unbranched alkanes of at least 4 members (excludes halogenated alkanes) is 66. The summed E-state index contributed by atoms with van der Waals surface area (Å²) in [6, 6.07) is 14.5. The summed E-state index contributed by atoms with van der Waals surface area (Å²) < 4.78 is 1.68. The quantitative estimate of drug-likeness (QED) is 0.0358. The molecular formula is C108H194N2Ni. The van der Waals surface area contributed by atoms with Crippen LogP contribution in [0, 0.1) is 0 Å². The fraction of sp³-hybridized carbons (Fsp3) is 0.815. The second-order valence-electron chi connectivity index (χ2n) is 35.4. The van der Waals surface area contributed by atoms with Crippen LogP contribution in [0.4, 0.5) is 0 Å². The van der Waals surface area contributed by atoms with Gasteiger partial charge in [0.2, 0.25) is 11.4 Å². The van der Waals surface area contributed by atoms with Crippen molar-refractivity contribution in [3.8, 4) is 0 Å². The minimum atomic E-state index is 1.01. The van der Waals surface area contributed by atoms with Crippen molar-refractivity contribution in [3.05, 3.63) is 98.6 Å². The van der Waals surface area contributed by atoms with Gasteiger partial charge in [-0.15, -0.1) is 0 Å². The number of hydrogen-bond donors (Lipinski definition) is 0. The van der Waals surface area contributed by atoms with Gasteiger partial charge in [0.05, 0.1) is 0 Å². The van der Waals surface area contributed by atoms with Crippen molar-refractivity contribution in [2.45, 2.75) is 567 Å². The van der Waals surface area contributed by atoms with Gasteiger partial charge < -0.3 is 5.53 Å². The van der Waals surface area contributed by atoms with Gasteiger partial charge in [-0.3, -0.25) is 0 Å². The van der Waals surface area contributed by atoms with Gasteiger partial charge in [0.15, 0.2) is 0 Å². The fourth-order valence-electron chi connectivity index (χ4n) is 17.0. The van der Waals surface area contributed by atoms with E-state index in [0.29, 0.717) is 0 Å². The van der Waals surface area contributed by atoms with E-state index in [1.54, 1.807) is 4.70 Å². The Morgan fingerprint density at radius 2 is 0.441 bits per heavy atom. The number of aryl methyl sites for hydroxylation is 2. The zero-order valence-corrected chi connectivity index (χ0v) is 77.5. The van der Waals surface area contributed by atoms with Crippen molar-refractivity contribution in [1.29, 1.82) is 0 Å². The van der Waals surface area contributed by atoms with Crippen molar-refractivity contribution in [1.82, 2.24) is 0 Å². The number of nitrogens with zero attached hydrogens (tertiary/aromatic N) is 2. The summed E-state index contributed by atoms with van der Waals surface area (Å²) in [6.45, 7) is 18.5. The van der Waals surface area contributed by atoms with E-state index < -0.39 is 0 Å². The van der Waals surface area contributed by atoms with Gasteiger partial charge in [0, 0.05) is 22.3 Å². The predicted molar refractivity (Wildman–Crippen MR) is 502 cm³/mol. The first-order chi connectivity index (χ1) is 54.9. The van der Waals surface area contributed by atoms with Crippen LogP contribution in [0.25, 0.3) is 29.1 Å². The van der Waals surface area contributed by atoms with E-state index in [4.69, 9.17) is 0 Å². The van der Waals surface area contributed by atoms with E-state index in [2.05, 4.69) is 116 Å². The molecule has 1 aliphatic heterocycles. The molecule has 2 aromatic carbocycles. The number of rotatable bonds is 84. The zero-order valence-electron chi connectivity index (χ0n) is 76.6. The van der Waals surface area contributed by atoms with Gasteiger partial charge in [-0.25, -0.2) is 4.70 Å². The standard InChI is InChI=1S/C70H116N2.2C19H39.Ni/c1-7-13-19-22-25-27-29-31-33-35-37-39-41-43-46-51-63-56-64(52-47-44-42-40-38-36-34-32-30-28-26-23-20-14-8-2)60-66(59-63)70-68(54-48-45-24-21-15-9-3)67(53-18-12-6)69(72(70)71)65-57-61(49-16-10-4)55-62(58-65)50-17-11-5;2*1-3-5-7-9-11-13-15-17-19-18-16-14-12-10-8-6-4-2;/h46-47,51-52,55-60H,7-45,48-50,53-54H2,1-6H3;2*1,3-19H2,2H3;. The Kier molecular flexibility index (Phi) is 77.8. The van der Waals surface area contributed by atoms with Gasteiger partial charge in [0.1, 0.15) is 0 Å². The van der Waals surface area contributed by atoms with Crippen LogP contribution in [0.1, 0.15) is 577 Å².